The van der Waals surface area contributed by atoms with Crippen LogP contribution in [0.1, 0.15) is 29.7 Å². The van der Waals surface area contributed by atoms with Gasteiger partial charge >= 0.3 is 0 Å². The van der Waals surface area contributed by atoms with Crippen molar-refractivity contribution >= 4 is 27.7 Å². The second kappa shape index (κ2) is 8.99. The summed E-state index contributed by atoms with van der Waals surface area (Å²) in [7, 11) is 0. The highest BCUT2D eigenvalue weighted by Crippen LogP contribution is 2.28. The van der Waals surface area contributed by atoms with Crippen molar-refractivity contribution in [2.75, 3.05) is 11.9 Å². The molecule has 1 fully saturated rings. The lowest BCUT2D eigenvalue weighted by Crippen LogP contribution is -2.24. The van der Waals surface area contributed by atoms with Crippen LogP contribution in [0, 0.1) is 25.2 Å². The predicted molar refractivity (Wildman–Crippen MR) is 117 cm³/mol. The molecule has 0 spiro atoms. The van der Waals surface area contributed by atoms with Crippen LogP contribution in [0.4, 0.5) is 5.82 Å². The summed E-state index contributed by atoms with van der Waals surface area (Å²) in [6.45, 7) is 5.06. The third-order valence-electron chi connectivity index (χ3n) is 5.46. The number of anilines is 1. The van der Waals surface area contributed by atoms with E-state index in [4.69, 9.17) is 4.74 Å². The number of nitrogens with zero attached hydrogens (tertiary/aromatic N) is 6. The molecule has 1 N–H and O–H groups in total. The number of carbonyl (C=O) groups is 1. The van der Waals surface area contributed by atoms with Gasteiger partial charge in [-0.3, -0.25) is 4.79 Å². The standard InChI is InChI=1S/C21H22BrN7O2/c1-13-14(2)28(11-15-6-5-9-31-15)21(17(13)10-23)24-19(30)12-29-26-20(25-27-29)16-7-3-4-8-18(16)22/h3-4,7-8,15H,5-6,9,11-12H2,1-2H3,(H,24,30)/t15-/m0/s1. The molecule has 10 heteroatoms. The van der Waals surface area contributed by atoms with Gasteiger partial charge in [0.25, 0.3) is 0 Å². The molecule has 31 heavy (non-hydrogen) atoms. The maximum absolute atomic E-state index is 12.8. The van der Waals surface area contributed by atoms with E-state index in [9.17, 15) is 10.1 Å². The molecule has 3 aromatic rings. The number of carbonyl (C=O) groups excluding carboxylic acids is 1. The van der Waals surface area contributed by atoms with Gasteiger partial charge in [-0.05, 0) is 49.6 Å². The van der Waals surface area contributed by atoms with Gasteiger partial charge < -0.3 is 14.6 Å². The van der Waals surface area contributed by atoms with E-state index in [1.165, 1.54) is 4.80 Å². The molecule has 2 aromatic heterocycles. The quantitative estimate of drug-likeness (QED) is 0.576. The van der Waals surface area contributed by atoms with Crippen LogP contribution in [-0.2, 0) is 22.6 Å². The van der Waals surface area contributed by atoms with Crippen molar-refractivity contribution < 1.29 is 9.53 Å². The largest absolute Gasteiger partial charge is 0.376 e. The molecule has 1 aromatic carbocycles. The summed E-state index contributed by atoms with van der Waals surface area (Å²) >= 11 is 3.47. The molecule has 1 saturated heterocycles. The monoisotopic (exact) mass is 483 g/mol. The highest BCUT2D eigenvalue weighted by molar-refractivity contribution is 9.10. The molecule has 9 nitrogen and oxygen atoms in total. The molecule has 3 heterocycles. The Balaban J connectivity index is 1.53. The van der Waals surface area contributed by atoms with Gasteiger partial charge in [-0.25, -0.2) is 0 Å². The van der Waals surface area contributed by atoms with Crippen molar-refractivity contribution in [3.8, 4) is 17.5 Å². The first-order valence-corrected chi connectivity index (χ1v) is 10.8. The van der Waals surface area contributed by atoms with Crippen LogP contribution < -0.4 is 5.32 Å². The van der Waals surface area contributed by atoms with Crippen molar-refractivity contribution in [2.45, 2.75) is 45.9 Å². The van der Waals surface area contributed by atoms with Crippen LogP contribution in [0.15, 0.2) is 28.7 Å². The fourth-order valence-electron chi connectivity index (χ4n) is 3.71. The minimum Gasteiger partial charge on any atom is -0.376 e. The molecule has 0 bridgehead atoms. The van der Waals surface area contributed by atoms with E-state index < -0.39 is 0 Å². The first-order chi connectivity index (χ1) is 15.0. The number of nitrogens with one attached hydrogen (secondary N) is 1. The third kappa shape index (κ3) is 4.38. The summed E-state index contributed by atoms with van der Waals surface area (Å²) in [6, 6.07) is 9.75. The van der Waals surface area contributed by atoms with Crippen molar-refractivity contribution in [2.24, 2.45) is 0 Å². The van der Waals surface area contributed by atoms with Gasteiger partial charge in [0.2, 0.25) is 11.7 Å². The molecule has 160 valence electrons. The summed E-state index contributed by atoms with van der Waals surface area (Å²) in [4.78, 5) is 14.0. The maximum atomic E-state index is 12.8. The van der Waals surface area contributed by atoms with Crippen LogP contribution in [0.5, 0.6) is 0 Å². The zero-order chi connectivity index (χ0) is 22.0. The number of halogens is 1. The molecule has 1 atom stereocenters. The molecular formula is C21H22BrN7O2. The smallest absolute Gasteiger partial charge is 0.249 e. The highest BCUT2D eigenvalue weighted by Gasteiger charge is 2.24. The topological polar surface area (TPSA) is 111 Å². The Labute approximate surface area is 188 Å². The lowest BCUT2D eigenvalue weighted by Gasteiger charge is -2.16. The Morgan fingerprint density at radius 1 is 1.39 bits per heavy atom. The van der Waals surface area contributed by atoms with Gasteiger partial charge in [0.15, 0.2) is 0 Å². The van der Waals surface area contributed by atoms with E-state index in [1.807, 2.05) is 42.7 Å². The van der Waals surface area contributed by atoms with Crippen LogP contribution in [-0.4, -0.2) is 43.4 Å². The average Bonchev–Trinajstić information content (AvgIpc) is 3.47. The number of ether oxygens (including phenoxy) is 1. The molecule has 1 amide bonds. The lowest BCUT2D eigenvalue weighted by atomic mass is 10.2. The van der Waals surface area contributed by atoms with Crippen LogP contribution in [0.2, 0.25) is 0 Å². The second-order valence-electron chi connectivity index (χ2n) is 7.46. The summed E-state index contributed by atoms with van der Waals surface area (Å²) in [6.07, 6.45) is 2.07. The molecule has 4 rings (SSSR count). The molecule has 0 radical (unpaired) electrons. The Morgan fingerprint density at radius 3 is 2.90 bits per heavy atom. The van der Waals surface area contributed by atoms with E-state index in [-0.39, 0.29) is 18.6 Å². The molecule has 1 aliphatic rings. The van der Waals surface area contributed by atoms with E-state index in [2.05, 4.69) is 42.7 Å². The molecule has 0 aliphatic carbocycles. The lowest BCUT2D eigenvalue weighted by molar-refractivity contribution is -0.117. The number of amides is 1. The minimum absolute atomic E-state index is 0.0801. The number of hydrogen-bond acceptors (Lipinski definition) is 6. The normalized spacial score (nSPS) is 15.7. The van der Waals surface area contributed by atoms with Crippen molar-refractivity contribution in [3.63, 3.8) is 0 Å². The zero-order valence-corrected chi connectivity index (χ0v) is 18.9. The number of nitriles is 1. The van der Waals surface area contributed by atoms with E-state index in [0.717, 1.165) is 40.7 Å². The molecule has 1 aliphatic heterocycles. The predicted octanol–water partition coefficient (Wildman–Crippen LogP) is 3.21. The van der Waals surface area contributed by atoms with Gasteiger partial charge in [-0.2, -0.15) is 10.1 Å². The summed E-state index contributed by atoms with van der Waals surface area (Å²) in [5, 5.41) is 24.9. The Morgan fingerprint density at radius 2 is 2.19 bits per heavy atom. The van der Waals surface area contributed by atoms with E-state index >= 15 is 0 Å². The number of benzene rings is 1. The van der Waals surface area contributed by atoms with Gasteiger partial charge in [0.05, 0.1) is 18.2 Å². The summed E-state index contributed by atoms with van der Waals surface area (Å²) < 4.78 is 8.56. The van der Waals surface area contributed by atoms with Gasteiger partial charge in [-0.15, -0.1) is 10.2 Å². The van der Waals surface area contributed by atoms with Gasteiger partial charge in [0.1, 0.15) is 18.4 Å². The Kier molecular flexibility index (Phi) is 6.15. The summed E-state index contributed by atoms with van der Waals surface area (Å²) in [5.74, 6) is 0.578. The zero-order valence-electron chi connectivity index (χ0n) is 17.3. The molecule has 0 unspecified atom stereocenters. The first-order valence-electron chi connectivity index (χ1n) is 10.0. The van der Waals surface area contributed by atoms with Gasteiger partial charge in [0, 0.05) is 22.3 Å². The fraction of sp³-hybridized carbons (Fsp3) is 0.381. The van der Waals surface area contributed by atoms with Gasteiger partial charge in [-0.1, -0.05) is 28.1 Å². The summed E-state index contributed by atoms with van der Waals surface area (Å²) in [5.41, 5.74) is 3.05. The van der Waals surface area contributed by atoms with Crippen molar-refractivity contribution in [3.05, 3.63) is 45.6 Å². The second-order valence-corrected chi connectivity index (χ2v) is 8.32. The van der Waals surface area contributed by atoms with Crippen LogP contribution >= 0.6 is 15.9 Å². The fourth-order valence-corrected chi connectivity index (χ4v) is 4.17. The Bertz CT molecular complexity index is 1160. The highest BCUT2D eigenvalue weighted by atomic mass is 79.9. The average molecular weight is 484 g/mol. The van der Waals surface area contributed by atoms with Crippen molar-refractivity contribution in [1.82, 2.24) is 24.8 Å². The number of rotatable bonds is 6. The Hall–Kier alpha value is -3.03. The maximum Gasteiger partial charge on any atom is 0.249 e. The number of hydrogen-bond donors (Lipinski definition) is 1. The number of aromatic nitrogens is 5. The van der Waals surface area contributed by atoms with Crippen LogP contribution in [0.25, 0.3) is 11.4 Å². The third-order valence-corrected chi connectivity index (χ3v) is 6.15. The van der Waals surface area contributed by atoms with Crippen LogP contribution in [0.3, 0.4) is 0 Å². The van der Waals surface area contributed by atoms with Crippen molar-refractivity contribution in [1.29, 1.82) is 5.26 Å². The molecular weight excluding hydrogens is 462 g/mol. The number of tetrazole rings is 1. The van der Waals surface area contributed by atoms with E-state index in [1.54, 1.807) is 0 Å². The SMILES string of the molecule is Cc1c(C#N)c(NC(=O)Cn2nnc(-c3ccccc3Br)n2)n(C[C@@H]2CCCO2)c1C. The van der Waals surface area contributed by atoms with E-state index in [0.29, 0.717) is 23.8 Å². The molecule has 0 saturated carbocycles. The first kappa shape index (κ1) is 21.2. The minimum atomic E-state index is -0.335.